The van der Waals surface area contributed by atoms with E-state index in [0.717, 1.165) is 5.56 Å². The molecule has 3 rings (SSSR count). The minimum Gasteiger partial charge on any atom is -0.480 e. The Morgan fingerprint density at radius 2 is 1.83 bits per heavy atom. The maximum atomic E-state index is 12.4. The summed E-state index contributed by atoms with van der Waals surface area (Å²) in [5.41, 5.74) is 2.19. The van der Waals surface area contributed by atoms with Gasteiger partial charge in [-0.05, 0) is 35.4 Å². The Labute approximate surface area is 177 Å². The summed E-state index contributed by atoms with van der Waals surface area (Å²) in [5.74, 6) is -0.620. The molecule has 0 radical (unpaired) electrons. The minimum absolute atomic E-state index is 0.135. The van der Waals surface area contributed by atoms with E-state index in [1.807, 2.05) is 12.1 Å². The van der Waals surface area contributed by atoms with Crippen LogP contribution in [0.15, 0.2) is 42.5 Å². The number of ether oxygens (including phenoxy) is 2. The number of rotatable bonds is 6. The summed E-state index contributed by atoms with van der Waals surface area (Å²) >= 11 is 12.3. The monoisotopic (exact) mass is 432 g/mol. The van der Waals surface area contributed by atoms with Crippen molar-refractivity contribution in [3.8, 4) is 5.88 Å². The number of benzene rings is 2. The molecule has 1 aromatic heterocycles. The van der Waals surface area contributed by atoms with Crippen molar-refractivity contribution in [1.82, 2.24) is 10.3 Å². The normalized spacial score (nSPS) is 10.6. The number of halogens is 2. The highest BCUT2D eigenvalue weighted by Gasteiger charge is 2.18. The van der Waals surface area contributed by atoms with Gasteiger partial charge in [0.25, 0.3) is 0 Å². The van der Waals surface area contributed by atoms with Crippen LogP contribution in [0.4, 0.5) is 0 Å². The first kappa shape index (κ1) is 20.9. The predicted octanol–water partition coefficient (Wildman–Crippen LogP) is 4.20. The number of carbonyl (C=O) groups excluding carboxylic acids is 2. The SMILES string of the molecule is COC(=O)c1cc2cc(Cl)cc(CNC(=O)Cc3ccccc3Cl)c2nc1OC. The summed E-state index contributed by atoms with van der Waals surface area (Å²) in [7, 11) is 2.70. The molecule has 2 aromatic carbocycles. The van der Waals surface area contributed by atoms with Crippen LogP contribution in [0.25, 0.3) is 10.9 Å². The second kappa shape index (κ2) is 9.11. The van der Waals surface area contributed by atoms with E-state index >= 15 is 0 Å². The van der Waals surface area contributed by atoms with Gasteiger partial charge >= 0.3 is 5.97 Å². The molecule has 0 aliphatic rings. The Morgan fingerprint density at radius 1 is 1.07 bits per heavy atom. The van der Waals surface area contributed by atoms with Gasteiger partial charge in [0.1, 0.15) is 5.56 Å². The molecule has 150 valence electrons. The summed E-state index contributed by atoms with van der Waals surface area (Å²) in [5, 5.41) is 4.48. The molecular formula is C21H18Cl2N2O4. The smallest absolute Gasteiger partial charge is 0.343 e. The van der Waals surface area contributed by atoms with Gasteiger partial charge in [-0.25, -0.2) is 9.78 Å². The van der Waals surface area contributed by atoms with Crippen LogP contribution in [-0.4, -0.2) is 31.1 Å². The maximum Gasteiger partial charge on any atom is 0.343 e. The van der Waals surface area contributed by atoms with Crippen molar-refractivity contribution in [1.29, 1.82) is 0 Å². The van der Waals surface area contributed by atoms with Crippen molar-refractivity contribution in [3.63, 3.8) is 0 Å². The van der Waals surface area contributed by atoms with Gasteiger partial charge in [0, 0.05) is 22.0 Å². The van der Waals surface area contributed by atoms with Gasteiger partial charge in [0.05, 0.1) is 26.2 Å². The number of methoxy groups -OCH3 is 2. The molecule has 8 heteroatoms. The molecule has 0 spiro atoms. The number of aromatic nitrogens is 1. The summed E-state index contributed by atoms with van der Waals surface area (Å²) in [4.78, 5) is 28.8. The molecule has 0 bridgehead atoms. The molecule has 0 fully saturated rings. The number of hydrogen-bond acceptors (Lipinski definition) is 5. The number of hydrogen-bond donors (Lipinski definition) is 1. The van der Waals surface area contributed by atoms with Crippen LogP contribution >= 0.6 is 23.2 Å². The fraction of sp³-hybridized carbons (Fsp3) is 0.190. The zero-order valence-corrected chi connectivity index (χ0v) is 17.3. The van der Waals surface area contributed by atoms with Gasteiger partial charge < -0.3 is 14.8 Å². The molecule has 0 saturated heterocycles. The molecule has 0 aliphatic carbocycles. The van der Waals surface area contributed by atoms with E-state index in [0.29, 0.717) is 26.5 Å². The van der Waals surface area contributed by atoms with Crippen molar-refractivity contribution in [2.24, 2.45) is 0 Å². The molecule has 1 N–H and O–H groups in total. The minimum atomic E-state index is -0.564. The highest BCUT2D eigenvalue weighted by molar-refractivity contribution is 6.31. The predicted molar refractivity (Wildman–Crippen MR) is 112 cm³/mol. The molecule has 1 amide bonds. The third-order valence-electron chi connectivity index (χ3n) is 4.31. The number of carbonyl (C=O) groups is 2. The van der Waals surface area contributed by atoms with Crippen LogP contribution in [0.3, 0.4) is 0 Å². The Hall–Kier alpha value is -2.83. The molecule has 29 heavy (non-hydrogen) atoms. The van der Waals surface area contributed by atoms with Crippen molar-refractivity contribution >= 4 is 46.0 Å². The van der Waals surface area contributed by atoms with Gasteiger partial charge in [-0.2, -0.15) is 0 Å². The first-order valence-corrected chi connectivity index (χ1v) is 9.44. The number of amides is 1. The summed E-state index contributed by atoms with van der Waals surface area (Å²) in [6.07, 6.45) is 0.154. The van der Waals surface area contributed by atoms with Crippen molar-refractivity contribution in [2.45, 2.75) is 13.0 Å². The van der Waals surface area contributed by atoms with Crippen LogP contribution in [0.2, 0.25) is 10.0 Å². The second-order valence-electron chi connectivity index (χ2n) is 6.22. The van der Waals surface area contributed by atoms with Crippen LogP contribution in [0.5, 0.6) is 5.88 Å². The van der Waals surface area contributed by atoms with E-state index in [1.54, 1.807) is 30.3 Å². The molecule has 3 aromatic rings. The first-order valence-electron chi connectivity index (χ1n) is 8.68. The van der Waals surface area contributed by atoms with Gasteiger partial charge in [-0.1, -0.05) is 41.4 Å². The van der Waals surface area contributed by atoms with E-state index in [9.17, 15) is 9.59 Å². The average molecular weight is 433 g/mol. The van der Waals surface area contributed by atoms with E-state index in [-0.39, 0.29) is 30.3 Å². The van der Waals surface area contributed by atoms with Gasteiger partial charge in [0.15, 0.2) is 0 Å². The highest BCUT2D eigenvalue weighted by Crippen LogP contribution is 2.28. The zero-order valence-electron chi connectivity index (χ0n) is 15.8. The summed E-state index contributed by atoms with van der Waals surface area (Å²) in [6, 6.07) is 12.2. The standard InChI is InChI=1S/C21H18Cl2N2O4/c1-28-20-16(21(27)29-2)9-13-7-15(22)8-14(19(13)25-20)11-24-18(26)10-12-5-3-4-6-17(12)23/h3-9H,10-11H2,1-2H3,(H,24,26). The van der Waals surface area contributed by atoms with E-state index in [4.69, 9.17) is 32.7 Å². The third kappa shape index (κ3) is 4.78. The second-order valence-corrected chi connectivity index (χ2v) is 7.06. The molecular weight excluding hydrogens is 415 g/mol. The Balaban J connectivity index is 1.88. The van der Waals surface area contributed by atoms with E-state index < -0.39 is 5.97 Å². The van der Waals surface area contributed by atoms with Crippen molar-refractivity contribution in [2.75, 3.05) is 14.2 Å². The summed E-state index contributed by atoms with van der Waals surface area (Å²) < 4.78 is 10.0. The Morgan fingerprint density at radius 3 is 2.52 bits per heavy atom. The van der Waals surface area contributed by atoms with Gasteiger partial charge in [0.2, 0.25) is 11.8 Å². The molecule has 6 nitrogen and oxygen atoms in total. The van der Waals surface area contributed by atoms with Crippen LogP contribution in [0, 0.1) is 0 Å². The lowest BCUT2D eigenvalue weighted by molar-refractivity contribution is -0.120. The molecule has 0 atom stereocenters. The lowest BCUT2D eigenvalue weighted by Crippen LogP contribution is -2.25. The number of pyridine rings is 1. The topological polar surface area (TPSA) is 77.5 Å². The first-order chi connectivity index (χ1) is 13.9. The lowest BCUT2D eigenvalue weighted by atomic mass is 10.1. The van der Waals surface area contributed by atoms with Crippen molar-refractivity contribution < 1.29 is 19.1 Å². The molecule has 0 aliphatic heterocycles. The number of nitrogens with zero attached hydrogens (tertiary/aromatic N) is 1. The highest BCUT2D eigenvalue weighted by atomic mass is 35.5. The number of esters is 1. The third-order valence-corrected chi connectivity index (χ3v) is 4.90. The van der Waals surface area contributed by atoms with Gasteiger partial charge in [-0.3, -0.25) is 4.79 Å². The van der Waals surface area contributed by atoms with Crippen LogP contribution in [-0.2, 0) is 22.5 Å². The summed E-state index contributed by atoms with van der Waals surface area (Å²) in [6.45, 7) is 0.202. The number of fused-ring (bicyclic) bond motifs is 1. The maximum absolute atomic E-state index is 12.4. The molecule has 0 saturated carbocycles. The van der Waals surface area contributed by atoms with E-state index in [2.05, 4.69) is 10.3 Å². The fourth-order valence-electron chi connectivity index (χ4n) is 2.92. The quantitative estimate of drug-likeness (QED) is 0.590. The van der Waals surface area contributed by atoms with Crippen LogP contribution in [0.1, 0.15) is 21.5 Å². The largest absolute Gasteiger partial charge is 0.480 e. The fourth-order valence-corrected chi connectivity index (χ4v) is 3.37. The van der Waals surface area contributed by atoms with E-state index in [1.165, 1.54) is 14.2 Å². The zero-order chi connectivity index (χ0) is 21.0. The van der Waals surface area contributed by atoms with Gasteiger partial charge in [-0.15, -0.1) is 0 Å². The molecule has 1 heterocycles. The average Bonchev–Trinajstić information content (AvgIpc) is 2.72. The molecule has 0 unspecified atom stereocenters. The van der Waals surface area contributed by atoms with Crippen LogP contribution < -0.4 is 10.1 Å². The lowest BCUT2D eigenvalue weighted by Gasteiger charge is -2.12. The Bertz CT molecular complexity index is 1090. The number of nitrogens with one attached hydrogen (secondary N) is 1. The Kier molecular flexibility index (Phi) is 6.56. The van der Waals surface area contributed by atoms with Crippen molar-refractivity contribution in [3.05, 3.63) is 69.2 Å².